The predicted molar refractivity (Wildman–Crippen MR) is 97.6 cm³/mol. The van der Waals surface area contributed by atoms with E-state index in [9.17, 15) is 9.90 Å². The van der Waals surface area contributed by atoms with Crippen molar-refractivity contribution in [3.8, 4) is 10.4 Å². The van der Waals surface area contributed by atoms with Gasteiger partial charge in [-0.25, -0.2) is 4.79 Å². The SMILES string of the molecule is O=C(O)c1sc(-c2ccccc2)cc1NCc1ccccc1.[NaH]. The summed E-state index contributed by atoms with van der Waals surface area (Å²) in [6.45, 7) is 0.603. The van der Waals surface area contributed by atoms with Gasteiger partial charge in [-0.3, -0.25) is 0 Å². The van der Waals surface area contributed by atoms with Crippen molar-refractivity contribution in [3.63, 3.8) is 0 Å². The van der Waals surface area contributed by atoms with Crippen molar-refractivity contribution in [2.45, 2.75) is 6.54 Å². The molecule has 0 aliphatic rings. The standard InChI is InChI=1S/C18H15NO2S.Na.H/c20-18(21)17-15(19-12-13-7-3-1-4-8-13)11-16(22-17)14-9-5-2-6-10-14;;/h1-11,19H,12H2,(H,20,21);;. The summed E-state index contributed by atoms with van der Waals surface area (Å²) >= 11 is 1.29. The maximum atomic E-state index is 11.4. The number of nitrogens with one attached hydrogen (secondary N) is 1. The van der Waals surface area contributed by atoms with Gasteiger partial charge in [0.1, 0.15) is 4.88 Å². The number of thiophene rings is 1. The molecule has 0 aliphatic heterocycles. The molecular formula is C18H16NNaO2S. The first kappa shape index (κ1) is 17.8. The molecule has 0 fully saturated rings. The fraction of sp³-hybridized carbons (Fsp3) is 0.0556. The molecule has 0 atom stereocenters. The second-order valence-corrected chi connectivity index (χ2v) is 5.92. The average molecular weight is 333 g/mol. The number of aromatic carboxylic acids is 1. The van der Waals surface area contributed by atoms with Crippen molar-refractivity contribution in [2.75, 3.05) is 5.32 Å². The van der Waals surface area contributed by atoms with Gasteiger partial charge in [0.25, 0.3) is 0 Å². The van der Waals surface area contributed by atoms with Crippen LogP contribution >= 0.6 is 11.3 Å². The van der Waals surface area contributed by atoms with Gasteiger partial charge in [-0.2, -0.15) is 0 Å². The van der Waals surface area contributed by atoms with Gasteiger partial charge in [-0.1, -0.05) is 60.7 Å². The fourth-order valence-corrected chi connectivity index (χ4v) is 3.20. The molecule has 0 radical (unpaired) electrons. The summed E-state index contributed by atoms with van der Waals surface area (Å²) in [7, 11) is 0. The van der Waals surface area contributed by atoms with E-state index in [0.717, 1.165) is 16.0 Å². The molecule has 1 aromatic heterocycles. The Balaban J connectivity index is 0.00000192. The molecule has 3 rings (SSSR count). The van der Waals surface area contributed by atoms with E-state index in [4.69, 9.17) is 0 Å². The van der Waals surface area contributed by atoms with Crippen molar-refractivity contribution in [2.24, 2.45) is 0 Å². The summed E-state index contributed by atoms with van der Waals surface area (Å²) in [5, 5.41) is 12.6. The minimum absolute atomic E-state index is 0. The van der Waals surface area contributed by atoms with Crippen molar-refractivity contribution in [3.05, 3.63) is 77.2 Å². The summed E-state index contributed by atoms with van der Waals surface area (Å²) in [6, 6.07) is 21.7. The number of carbonyl (C=O) groups is 1. The molecule has 3 nitrogen and oxygen atoms in total. The maximum absolute atomic E-state index is 11.4. The van der Waals surface area contributed by atoms with E-state index in [-0.39, 0.29) is 29.6 Å². The first-order chi connectivity index (χ1) is 10.7. The van der Waals surface area contributed by atoms with Gasteiger partial charge >= 0.3 is 35.5 Å². The summed E-state index contributed by atoms with van der Waals surface area (Å²) in [5.74, 6) is -0.900. The monoisotopic (exact) mass is 333 g/mol. The van der Waals surface area contributed by atoms with Crippen LogP contribution in [0, 0.1) is 0 Å². The Labute approximate surface area is 161 Å². The molecule has 0 saturated heterocycles. The Kier molecular flexibility index (Phi) is 6.42. The number of carboxylic acids is 1. The number of carboxylic acid groups (broad SMARTS) is 1. The van der Waals surface area contributed by atoms with Gasteiger partial charge in [0.05, 0.1) is 5.69 Å². The third-order valence-electron chi connectivity index (χ3n) is 3.31. The Morgan fingerprint density at radius 2 is 1.61 bits per heavy atom. The van der Waals surface area contributed by atoms with Crippen LogP contribution in [0.4, 0.5) is 5.69 Å². The van der Waals surface area contributed by atoms with Crippen LogP contribution in [0.15, 0.2) is 66.7 Å². The van der Waals surface area contributed by atoms with Gasteiger partial charge in [0.15, 0.2) is 0 Å². The van der Waals surface area contributed by atoms with E-state index >= 15 is 0 Å². The Hall–Kier alpha value is -1.59. The second-order valence-electron chi connectivity index (χ2n) is 4.86. The van der Waals surface area contributed by atoms with Crippen LogP contribution in [-0.4, -0.2) is 40.6 Å². The molecular weight excluding hydrogens is 317 g/mol. The topological polar surface area (TPSA) is 49.3 Å². The summed E-state index contributed by atoms with van der Waals surface area (Å²) < 4.78 is 0. The van der Waals surface area contributed by atoms with Crippen LogP contribution < -0.4 is 5.32 Å². The van der Waals surface area contributed by atoms with E-state index in [1.807, 2.05) is 66.7 Å². The molecule has 0 spiro atoms. The van der Waals surface area contributed by atoms with E-state index in [2.05, 4.69) is 5.32 Å². The molecule has 0 saturated carbocycles. The van der Waals surface area contributed by atoms with E-state index < -0.39 is 5.97 Å². The van der Waals surface area contributed by atoms with E-state index in [0.29, 0.717) is 17.1 Å². The van der Waals surface area contributed by atoms with Crippen LogP contribution in [0.3, 0.4) is 0 Å². The molecule has 0 bridgehead atoms. The van der Waals surface area contributed by atoms with Crippen LogP contribution in [-0.2, 0) is 6.54 Å². The zero-order chi connectivity index (χ0) is 15.4. The normalized spacial score (nSPS) is 9.91. The van der Waals surface area contributed by atoms with Crippen molar-refractivity contribution < 1.29 is 9.90 Å². The van der Waals surface area contributed by atoms with Gasteiger partial charge in [0.2, 0.25) is 0 Å². The van der Waals surface area contributed by atoms with Crippen LogP contribution in [0.25, 0.3) is 10.4 Å². The second kappa shape index (κ2) is 8.31. The Morgan fingerprint density at radius 3 is 2.22 bits per heavy atom. The quantitative estimate of drug-likeness (QED) is 0.692. The van der Waals surface area contributed by atoms with Gasteiger partial charge in [-0.15, -0.1) is 11.3 Å². The van der Waals surface area contributed by atoms with Crippen LogP contribution in [0.2, 0.25) is 0 Å². The molecule has 112 valence electrons. The first-order valence-corrected chi connectivity index (χ1v) is 7.76. The summed E-state index contributed by atoms with van der Waals surface area (Å²) in [6.07, 6.45) is 0. The zero-order valence-electron chi connectivity index (χ0n) is 11.8. The Bertz CT molecular complexity index is 772. The molecule has 3 aromatic rings. The van der Waals surface area contributed by atoms with E-state index in [1.54, 1.807) is 0 Å². The van der Waals surface area contributed by atoms with Crippen molar-refractivity contribution in [1.29, 1.82) is 0 Å². The van der Waals surface area contributed by atoms with Gasteiger partial charge in [-0.05, 0) is 17.2 Å². The zero-order valence-corrected chi connectivity index (χ0v) is 12.6. The fourth-order valence-electron chi connectivity index (χ4n) is 2.22. The molecule has 1 heterocycles. The van der Waals surface area contributed by atoms with Crippen molar-refractivity contribution in [1.82, 2.24) is 0 Å². The molecule has 0 aliphatic carbocycles. The molecule has 23 heavy (non-hydrogen) atoms. The van der Waals surface area contributed by atoms with Gasteiger partial charge in [0, 0.05) is 11.4 Å². The molecule has 2 N–H and O–H groups in total. The van der Waals surface area contributed by atoms with Crippen LogP contribution in [0.1, 0.15) is 15.2 Å². The third-order valence-corrected chi connectivity index (χ3v) is 4.48. The summed E-state index contributed by atoms with van der Waals surface area (Å²) in [5.41, 5.74) is 2.81. The van der Waals surface area contributed by atoms with Crippen molar-refractivity contribution >= 4 is 52.6 Å². The Morgan fingerprint density at radius 1 is 1.00 bits per heavy atom. The molecule has 0 amide bonds. The number of rotatable bonds is 5. The average Bonchev–Trinajstić information content (AvgIpc) is 2.99. The molecule has 0 unspecified atom stereocenters. The predicted octanol–water partition coefficient (Wildman–Crippen LogP) is 4.08. The minimum atomic E-state index is -0.900. The first-order valence-electron chi connectivity index (χ1n) is 6.94. The number of hydrogen-bond donors (Lipinski definition) is 2. The number of benzene rings is 2. The number of hydrogen-bond acceptors (Lipinski definition) is 3. The third kappa shape index (κ3) is 4.45. The molecule has 2 aromatic carbocycles. The molecule has 5 heteroatoms. The van der Waals surface area contributed by atoms with Gasteiger partial charge < -0.3 is 10.4 Å². The summed E-state index contributed by atoms with van der Waals surface area (Å²) in [4.78, 5) is 12.7. The van der Waals surface area contributed by atoms with E-state index in [1.165, 1.54) is 11.3 Å². The van der Waals surface area contributed by atoms with Crippen LogP contribution in [0.5, 0.6) is 0 Å². The number of anilines is 1.